The third-order valence-electron chi connectivity index (χ3n) is 6.05. The number of fused-ring (bicyclic) bond motifs is 3. The molecular weight excluding hydrogens is 352 g/mol. The van der Waals surface area contributed by atoms with Crippen LogP contribution in [0.5, 0.6) is 0 Å². The average Bonchev–Trinajstić information content (AvgIpc) is 2.99. The van der Waals surface area contributed by atoms with Crippen LogP contribution >= 0.6 is 0 Å². The van der Waals surface area contributed by atoms with Crippen molar-refractivity contribution >= 4 is 23.0 Å². The predicted molar refractivity (Wildman–Crippen MR) is 124 cm³/mol. The maximum Gasteiger partial charge on any atom is 0.194 e. The van der Waals surface area contributed by atoms with Crippen molar-refractivity contribution in [3.8, 4) is 0 Å². The molecule has 0 atom stereocenters. The van der Waals surface area contributed by atoms with Gasteiger partial charge in [0.1, 0.15) is 0 Å². The number of ketones is 1. The van der Waals surface area contributed by atoms with E-state index in [9.17, 15) is 4.79 Å². The molecule has 2 aromatic rings. The van der Waals surface area contributed by atoms with E-state index in [-0.39, 0.29) is 16.6 Å². The van der Waals surface area contributed by atoms with E-state index in [1.165, 1.54) is 11.1 Å². The second-order valence-electron chi connectivity index (χ2n) is 10.4. The van der Waals surface area contributed by atoms with Crippen molar-refractivity contribution in [2.75, 3.05) is 0 Å². The molecule has 0 heterocycles. The van der Waals surface area contributed by atoms with Gasteiger partial charge in [0.05, 0.1) is 0 Å². The Hall–Kier alpha value is -2.67. The highest BCUT2D eigenvalue weighted by Crippen LogP contribution is 2.48. The lowest BCUT2D eigenvalue weighted by Gasteiger charge is -2.29. The zero-order valence-electron chi connectivity index (χ0n) is 18.6. The van der Waals surface area contributed by atoms with Crippen molar-refractivity contribution in [3.63, 3.8) is 0 Å². The summed E-state index contributed by atoms with van der Waals surface area (Å²) < 4.78 is 0. The monoisotopic (exact) mass is 382 g/mol. The SMILES string of the molecule is Cc1ccccc1C1=C(C(C)(C)C)C=C2C(=Cc3ccc(C(C)(C)C)cc32)C1=O. The molecular formula is C28H30O. The van der Waals surface area contributed by atoms with Crippen LogP contribution in [0.1, 0.15) is 69.4 Å². The Morgan fingerprint density at radius 2 is 1.41 bits per heavy atom. The Kier molecular flexibility index (Phi) is 4.35. The molecule has 1 heteroatoms. The number of Topliss-reactive ketones (excluding diaryl/α,β-unsaturated/α-hetero) is 1. The highest BCUT2D eigenvalue weighted by atomic mass is 16.1. The number of hydrogen-bond acceptors (Lipinski definition) is 1. The quantitative estimate of drug-likeness (QED) is 0.511. The summed E-state index contributed by atoms with van der Waals surface area (Å²) in [7, 11) is 0. The molecule has 0 amide bonds. The molecule has 29 heavy (non-hydrogen) atoms. The molecule has 0 aliphatic heterocycles. The molecule has 2 aliphatic carbocycles. The van der Waals surface area contributed by atoms with Crippen LogP contribution in [-0.2, 0) is 10.2 Å². The Morgan fingerprint density at radius 3 is 2.03 bits per heavy atom. The van der Waals surface area contributed by atoms with E-state index < -0.39 is 0 Å². The largest absolute Gasteiger partial charge is 0.289 e. The summed E-state index contributed by atoms with van der Waals surface area (Å²) in [5, 5.41) is 0. The summed E-state index contributed by atoms with van der Waals surface area (Å²) >= 11 is 0. The lowest BCUT2D eigenvalue weighted by Crippen LogP contribution is -2.20. The number of carbonyl (C=O) groups excluding carboxylic acids is 1. The van der Waals surface area contributed by atoms with Crippen molar-refractivity contribution in [3.05, 3.63) is 87.5 Å². The normalized spacial score (nSPS) is 16.4. The number of rotatable bonds is 1. The van der Waals surface area contributed by atoms with Crippen molar-refractivity contribution in [1.29, 1.82) is 0 Å². The van der Waals surface area contributed by atoms with E-state index in [1.54, 1.807) is 0 Å². The van der Waals surface area contributed by atoms with Crippen molar-refractivity contribution in [2.45, 2.75) is 53.9 Å². The lowest BCUT2D eigenvalue weighted by molar-refractivity contribution is -0.110. The van der Waals surface area contributed by atoms with E-state index in [0.29, 0.717) is 0 Å². The molecule has 0 saturated carbocycles. The van der Waals surface area contributed by atoms with Crippen LogP contribution in [0.15, 0.2) is 59.7 Å². The highest BCUT2D eigenvalue weighted by Gasteiger charge is 2.36. The minimum Gasteiger partial charge on any atom is -0.289 e. The molecule has 0 aromatic heterocycles. The van der Waals surface area contributed by atoms with Crippen LogP contribution in [-0.4, -0.2) is 5.78 Å². The third kappa shape index (κ3) is 3.23. The molecule has 0 spiro atoms. The molecule has 148 valence electrons. The molecule has 0 bridgehead atoms. The zero-order chi connectivity index (χ0) is 21.1. The second-order valence-corrected chi connectivity index (χ2v) is 10.4. The number of allylic oxidation sites excluding steroid dienone is 5. The van der Waals surface area contributed by atoms with Crippen LogP contribution in [0.2, 0.25) is 0 Å². The van der Waals surface area contributed by atoms with Gasteiger partial charge in [0.25, 0.3) is 0 Å². The van der Waals surface area contributed by atoms with E-state index in [2.05, 4.69) is 91.0 Å². The van der Waals surface area contributed by atoms with Gasteiger partial charge in [0.15, 0.2) is 5.78 Å². The molecule has 0 fully saturated rings. The summed E-state index contributed by atoms with van der Waals surface area (Å²) in [5.74, 6) is 0.148. The first kappa shape index (κ1) is 19.6. The van der Waals surface area contributed by atoms with Crippen LogP contribution in [0.3, 0.4) is 0 Å². The average molecular weight is 383 g/mol. The predicted octanol–water partition coefficient (Wildman–Crippen LogP) is 7.16. The van der Waals surface area contributed by atoms with Gasteiger partial charge in [-0.05, 0) is 74.9 Å². The van der Waals surface area contributed by atoms with Gasteiger partial charge in [0, 0.05) is 11.1 Å². The van der Waals surface area contributed by atoms with Crippen molar-refractivity contribution in [2.24, 2.45) is 5.41 Å². The minimum atomic E-state index is -0.129. The first-order chi connectivity index (χ1) is 13.5. The van der Waals surface area contributed by atoms with Gasteiger partial charge in [-0.2, -0.15) is 0 Å². The van der Waals surface area contributed by atoms with Crippen molar-refractivity contribution in [1.82, 2.24) is 0 Å². The Labute approximate surface area is 174 Å². The number of hydrogen-bond donors (Lipinski definition) is 0. The molecule has 2 aliphatic rings. The molecule has 0 radical (unpaired) electrons. The Bertz CT molecular complexity index is 1120. The fourth-order valence-electron chi connectivity index (χ4n) is 4.29. The van der Waals surface area contributed by atoms with Crippen LogP contribution < -0.4 is 0 Å². The highest BCUT2D eigenvalue weighted by molar-refractivity contribution is 6.39. The maximum atomic E-state index is 13.8. The van der Waals surface area contributed by atoms with E-state index in [4.69, 9.17) is 0 Å². The van der Waals surface area contributed by atoms with Gasteiger partial charge < -0.3 is 0 Å². The number of benzene rings is 2. The zero-order valence-corrected chi connectivity index (χ0v) is 18.6. The summed E-state index contributed by atoms with van der Waals surface area (Å²) in [5.41, 5.74) is 9.65. The van der Waals surface area contributed by atoms with E-state index in [1.807, 2.05) is 12.1 Å². The molecule has 0 saturated heterocycles. The fraction of sp³-hybridized carbons (Fsp3) is 0.321. The molecule has 0 N–H and O–H groups in total. The van der Waals surface area contributed by atoms with E-state index >= 15 is 0 Å². The second kappa shape index (κ2) is 6.42. The standard InChI is InChI=1S/C28H30O/c1-17-10-8-9-11-20(17)25-24(28(5,6)7)16-22-21-15-19(27(2,3)4)13-12-18(21)14-23(22)26(25)29/h8-16H,1-7H3. The number of carbonyl (C=O) groups is 1. The Morgan fingerprint density at radius 1 is 0.724 bits per heavy atom. The van der Waals surface area contributed by atoms with Crippen LogP contribution in [0, 0.1) is 12.3 Å². The minimum absolute atomic E-state index is 0.0754. The van der Waals surface area contributed by atoms with Gasteiger partial charge in [-0.3, -0.25) is 4.79 Å². The smallest absolute Gasteiger partial charge is 0.194 e. The Balaban J connectivity index is 1.98. The van der Waals surface area contributed by atoms with Crippen molar-refractivity contribution < 1.29 is 4.79 Å². The molecule has 2 aromatic carbocycles. The fourth-order valence-corrected chi connectivity index (χ4v) is 4.29. The van der Waals surface area contributed by atoms with Crippen LogP contribution in [0.25, 0.3) is 17.2 Å². The third-order valence-corrected chi connectivity index (χ3v) is 6.05. The maximum absolute atomic E-state index is 13.8. The van der Waals surface area contributed by atoms with Gasteiger partial charge >= 0.3 is 0 Å². The van der Waals surface area contributed by atoms with E-state index in [0.717, 1.165) is 39.0 Å². The molecule has 4 rings (SSSR count). The lowest BCUT2D eigenvalue weighted by atomic mass is 9.73. The molecule has 0 unspecified atom stereocenters. The summed E-state index contributed by atoms with van der Waals surface area (Å²) in [6.45, 7) is 15.4. The first-order valence-corrected chi connectivity index (χ1v) is 10.4. The van der Waals surface area contributed by atoms with Gasteiger partial charge in [0.2, 0.25) is 0 Å². The summed E-state index contributed by atoms with van der Waals surface area (Å²) in [6, 6.07) is 14.9. The first-order valence-electron chi connectivity index (χ1n) is 10.4. The van der Waals surface area contributed by atoms with Gasteiger partial charge in [-0.1, -0.05) is 77.9 Å². The number of aryl methyl sites for hydroxylation is 1. The summed E-state index contributed by atoms with van der Waals surface area (Å²) in [6.07, 6.45) is 4.35. The van der Waals surface area contributed by atoms with Crippen LogP contribution in [0.4, 0.5) is 0 Å². The van der Waals surface area contributed by atoms with Gasteiger partial charge in [-0.25, -0.2) is 0 Å². The summed E-state index contributed by atoms with van der Waals surface area (Å²) in [4.78, 5) is 13.8. The topological polar surface area (TPSA) is 17.1 Å². The molecule has 1 nitrogen and oxygen atoms in total. The van der Waals surface area contributed by atoms with Gasteiger partial charge in [-0.15, -0.1) is 0 Å².